The van der Waals surface area contributed by atoms with Crippen LogP contribution in [0.5, 0.6) is 0 Å². The molecule has 1 aliphatic heterocycles. The van der Waals surface area contributed by atoms with Gasteiger partial charge in [0, 0.05) is 50.6 Å². The van der Waals surface area contributed by atoms with Gasteiger partial charge in [0.25, 0.3) is 5.56 Å². The molecule has 1 aromatic carbocycles. The van der Waals surface area contributed by atoms with E-state index in [0.29, 0.717) is 0 Å². The number of benzene rings is 1. The lowest BCUT2D eigenvalue weighted by Crippen LogP contribution is -2.46. The Morgan fingerprint density at radius 3 is 2.61 bits per heavy atom. The van der Waals surface area contributed by atoms with Gasteiger partial charge in [-0.25, -0.2) is 9.97 Å². The van der Waals surface area contributed by atoms with Gasteiger partial charge in [0.2, 0.25) is 0 Å². The zero-order valence-corrected chi connectivity index (χ0v) is 20.0. The molecule has 0 atom stereocenters. The van der Waals surface area contributed by atoms with Crippen LogP contribution >= 0.6 is 0 Å². The predicted octanol–water partition coefficient (Wildman–Crippen LogP) is 3.66. The lowest BCUT2D eigenvalue weighted by Gasteiger charge is -2.35. The third-order valence-electron chi connectivity index (χ3n) is 7.41. The molecule has 6 nitrogen and oxygen atoms in total. The van der Waals surface area contributed by atoms with Crippen molar-refractivity contribution < 1.29 is 0 Å². The van der Waals surface area contributed by atoms with E-state index < -0.39 is 0 Å². The molecule has 0 bridgehead atoms. The molecule has 0 unspecified atom stereocenters. The van der Waals surface area contributed by atoms with Crippen molar-refractivity contribution in [3.05, 3.63) is 63.3 Å². The van der Waals surface area contributed by atoms with E-state index in [0.717, 1.165) is 106 Å². The maximum absolute atomic E-state index is 12.7. The van der Waals surface area contributed by atoms with E-state index in [1.807, 2.05) is 7.05 Å². The lowest BCUT2D eigenvalue weighted by atomic mass is 9.97. The minimum absolute atomic E-state index is 0.184. The monoisotopic (exact) mass is 445 g/mol. The first-order valence-electron chi connectivity index (χ1n) is 12.5. The second-order valence-corrected chi connectivity index (χ2v) is 9.62. The van der Waals surface area contributed by atoms with Crippen molar-refractivity contribution in [1.82, 2.24) is 19.4 Å². The summed E-state index contributed by atoms with van der Waals surface area (Å²) < 4.78 is 1.79. The van der Waals surface area contributed by atoms with Gasteiger partial charge in [-0.1, -0.05) is 12.1 Å². The molecule has 0 N–H and O–H groups in total. The van der Waals surface area contributed by atoms with Crippen molar-refractivity contribution in [2.24, 2.45) is 7.05 Å². The zero-order chi connectivity index (χ0) is 22.8. The van der Waals surface area contributed by atoms with Gasteiger partial charge in [-0.3, -0.25) is 14.3 Å². The average molecular weight is 446 g/mol. The van der Waals surface area contributed by atoms with E-state index >= 15 is 0 Å². The molecule has 6 heteroatoms. The fraction of sp³-hybridized carbons (Fsp3) is 0.519. The number of aromatic nitrogens is 3. The highest BCUT2D eigenvalue weighted by atomic mass is 16.1. The van der Waals surface area contributed by atoms with Crippen LogP contribution in [0.2, 0.25) is 0 Å². The number of piperazine rings is 1. The second kappa shape index (κ2) is 9.64. The van der Waals surface area contributed by atoms with Crippen molar-refractivity contribution in [2.75, 3.05) is 37.6 Å². The van der Waals surface area contributed by atoms with Gasteiger partial charge in [-0.05, 0) is 75.8 Å². The summed E-state index contributed by atoms with van der Waals surface area (Å²) in [4.78, 5) is 27.4. The van der Waals surface area contributed by atoms with Crippen molar-refractivity contribution in [3.8, 4) is 0 Å². The van der Waals surface area contributed by atoms with Gasteiger partial charge >= 0.3 is 0 Å². The summed E-state index contributed by atoms with van der Waals surface area (Å²) in [5.41, 5.74) is 4.57. The molecule has 3 aromatic rings. The Morgan fingerprint density at radius 1 is 0.939 bits per heavy atom. The molecule has 1 saturated heterocycles. The summed E-state index contributed by atoms with van der Waals surface area (Å²) in [6.07, 6.45) is 7.24. The van der Waals surface area contributed by atoms with Crippen LogP contribution in [0.25, 0.3) is 10.9 Å². The van der Waals surface area contributed by atoms with Crippen LogP contribution in [0.4, 0.5) is 5.82 Å². The van der Waals surface area contributed by atoms with Crippen molar-refractivity contribution in [3.63, 3.8) is 0 Å². The number of anilines is 1. The minimum Gasteiger partial charge on any atom is -0.354 e. The molecule has 0 radical (unpaired) electrons. The molecule has 5 rings (SSSR count). The van der Waals surface area contributed by atoms with Crippen molar-refractivity contribution in [1.29, 1.82) is 0 Å². The van der Waals surface area contributed by atoms with Crippen LogP contribution in [0.3, 0.4) is 0 Å². The maximum Gasteiger partial charge on any atom is 0.256 e. The summed E-state index contributed by atoms with van der Waals surface area (Å²) in [5.74, 6) is 2.05. The molecule has 1 aliphatic carbocycles. The molecule has 2 aliphatic rings. The largest absolute Gasteiger partial charge is 0.354 e. The van der Waals surface area contributed by atoms with Crippen molar-refractivity contribution in [2.45, 2.75) is 51.9 Å². The van der Waals surface area contributed by atoms with Crippen LogP contribution in [-0.2, 0) is 26.3 Å². The van der Waals surface area contributed by atoms with Gasteiger partial charge in [-0.2, -0.15) is 0 Å². The van der Waals surface area contributed by atoms with Gasteiger partial charge in [0.15, 0.2) is 0 Å². The number of pyridine rings is 1. The summed E-state index contributed by atoms with van der Waals surface area (Å²) in [6.45, 7) is 7.43. The van der Waals surface area contributed by atoms with E-state index in [9.17, 15) is 4.79 Å². The summed E-state index contributed by atoms with van der Waals surface area (Å²) in [7, 11) is 1.89. The number of hydrogen-bond acceptors (Lipinski definition) is 5. The Bertz CT molecular complexity index is 1190. The number of hydrogen-bond donors (Lipinski definition) is 0. The molecule has 0 spiro atoms. The Balaban J connectivity index is 1.11. The molecule has 0 saturated carbocycles. The molecule has 33 heavy (non-hydrogen) atoms. The van der Waals surface area contributed by atoms with E-state index in [-0.39, 0.29) is 5.56 Å². The van der Waals surface area contributed by atoms with E-state index in [1.54, 1.807) is 4.57 Å². The quantitative estimate of drug-likeness (QED) is 0.542. The predicted molar refractivity (Wildman–Crippen MR) is 134 cm³/mol. The summed E-state index contributed by atoms with van der Waals surface area (Å²) in [6, 6.07) is 10.7. The van der Waals surface area contributed by atoms with Crippen LogP contribution in [0.15, 0.2) is 35.1 Å². The first kappa shape index (κ1) is 22.1. The third kappa shape index (κ3) is 4.67. The lowest BCUT2D eigenvalue weighted by molar-refractivity contribution is 0.252. The molecule has 0 amide bonds. The normalized spacial score (nSPS) is 16.8. The Kier molecular flexibility index (Phi) is 6.45. The summed E-state index contributed by atoms with van der Waals surface area (Å²) >= 11 is 0. The van der Waals surface area contributed by atoms with Crippen LogP contribution in [-0.4, -0.2) is 52.2 Å². The average Bonchev–Trinajstić information content (AvgIpc) is 2.85. The maximum atomic E-state index is 12.7. The van der Waals surface area contributed by atoms with Gasteiger partial charge in [0.05, 0.1) is 11.2 Å². The number of unbranched alkanes of at least 4 members (excludes halogenated alkanes) is 1. The fourth-order valence-corrected chi connectivity index (χ4v) is 5.31. The first-order valence-corrected chi connectivity index (χ1v) is 12.5. The summed E-state index contributed by atoms with van der Waals surface area (Å²) in [5, 5.41) is 1.24. The topological polar surface area (TPSA) is 54.3 Å². The first-order chi connectivity index (χ1) is 16.1. The van der Waals surface area contributed by atoms with Crippen molar-refractivity contribution >= 4 is 16.7 Å². The highest BCUT2D eigenvalue weighted by molar-refractivity contribution is 5.83. The van der Waals surface area contributed by atoms with Gasteiger partial charge < -0.3 is 4.90 Å². The number of aryl methyl sites for hydroxylation is 3. The Labute approximate surface area is 196 Å². The highest BCUT2D eigenvalue weighted by Gasteiger charge is 2.19. The Morgan fingerprint density at radius 2 is 1.76 bits per heavy atom. The van der Waals surface area contributed by atoms with Crippen LogP contribution in [0.1, 0.15) is 48.3 Å². The number of rotatable bonds is 6. The van der Waals surface area contributed by atoms with Gasteiger partial charge in [0.1, 0.15) is 11.6 Å². The second-order valence-electron chi connectivity index (χ2n) is 9.62. The fourth-order valence-electron chi connectivity index (χ4n) is 5.31. The molecule has 174 valence electrons. The molecule has 1 fully saturated rings. The SMILES string of the molecule is Cc1cccc2nc(N3CCN(CCCCc4nc5c(c(=O)n4C)CCCC5)CC3)ccc12. The van der Waals surface area contributed by atoms with E-state index in [4.69, 9.17) is 9.97 Å². The molecule has 2 aromatic heterocycles. The van der Waals surface area contributed by atoms with E-state index in [1.165, 1.54) is 10.9 Å². The van der Waals surface area contributed by atoms with E-state index in [2.05, 4.69) is 47.1 Å². The third-order valence-corrected chi connectivity index (χ3v) is 7.41. The van der Waals surface area contributed by atoms with Crippen LogP contribution in [0, 0.1) is 6.92 Å². The zero-order valence-electron chi connectivity index (χ0n) is 20.0. The molecular weight excluding hydrogens is 410 g/mol. The Hall–Kier alpha value is -2.73. The number of nitrogens with zero attached hydrogens (tertiary/aromatic N) is 5. The standard InChI is InChI=1S/C27H35N5O/c1-20-8-7-11-23-21(20)13-14-26(29-23)32-18-16-31(17-19-32)15-6-5-12-25-28-24-10-4-3-9-22(24)27(33)30(25)2/h7-8,11,13-14H,3-6,9-10,12,15-19H2,1-2H3. The highest BCUT2D eigenvalue weighted by Crippen LogP contribution is 2.22. The number of fused-ring (bicyclic) bond motifs is 2. The van der Waals surface area contributed by atoms with Gasteiger partial charge in [-0.15, -0.1) is 0 Å². The van der Waals surface area contributed by atoms with Crippen LogP contribution < -0.4 is 10.5 Å². The smallest absolute Gasteiger partial charge is 0.256 e. The minimum atomic E-state index is 0.184. The molecular formula is C27H35N5O. The molecule has 3 heterocycles.